The normalized spacial score (nSPS) is 17.8. The highest BCUT2D eigenvalue weighted by molar-refractivity contribution is 6.01. The highest BCUT2D eigenvalue weighted by atomic mass is 19.2. The SMILES string of the molecule is O=C1OCCN1C(=O)N(CCCN1CCC2(CC1)c1ccccc1-c1ccccc12)c1ccc(F)c(F)c1. The predicted molar refractivity (Wildman–Crippen MR) is 140 cm³/mol. The summed E-state index contributed by atoms with van der Waals surface area (Å²) in [5.41, 5.74) is 5.72. The van der Waals surface area contributed by atoms with Gasteiger partial charge in [-0.05, 0) is 73.3 Å². The second kappa shape index (κ2) is 9.83. The lowest BCUT2D eigenvalue weighted by Crippen LogP contribution is -2.46. The third-order valence-corrected chi connectivity index (χ3v) is 8.18. The Morgan fingerprint density at radius 2 is 1.55 bits per heavy atom. The van der Waals surface area contributed by atoms with Crippen LogP contribution < -0.4 is 4.90 Å². The molecule has 2 fully saturated rings. The van der Waals surface area contributed by atoms with Crippen molar-refractivity contribution in [2.75, 3.05) is 44.2 Å². The molecule has 0 radical (unpaired) electrons. The van der Waals surface area contributed by atoms with Crippen molar-refractivity contribution in [1.29, 1.82) is 0 Å². The van der Waals surface area contributed by atoms with Crippen molar-refractivity contribution in [3.63, 3.8) is 0 Å². The number of ether oxygens (including phenoxy) is 1. The maximum atomic E-state index is 14.0. The average molecular weight is 518 g/mol. The Hall–Kier alpha value is -3.78. The van der Waals surface area contributed by atoms with E-state index in [1.807, 2.05) is 0 Å². The summed E-state index contributed by atoms with van der Waals surface area (Å²) in [6, 6.07) is 20.2. The molecule has 1 aliphatic carbocycles. The van der Waals surface area contributed by atoms with Crippen molar-refractivity contribution in [3.8, 4) is 11.1 Å². The minimum Gasteiger partial charge on any atom is -0.447 e. The molecule has 3 amide bonds. The van der Waals surface area contributed by atoms with Gasteiger partial charge in [-0.2, -0.15) is 0 Å². The van der Waals surface area contributed by atoms with Crippen molar-refractivity contribution >= 4 is 17.8 Å². The van der Waals surface area contributed by atoms with Crippen molar-refractivity contribution < 1.29 is 23.1 Å². The van der Waals surface area contributed by atoms with Gasteiger partial charge in [-0.1, -0.05) is 48.5 Å². The molecular weight excluding hydrogens is 488 g/mol. The van der Waals surface area contributed by atoms with E-state index < -0.39 is 23.8 Å². The second-order valence-corrected chi connectivity index (χ2v) is 10.2. The van der Waals surface area contributed by atoms with E-state index in [4.69, 9.17) is 4.74 Å². The van der Waals surface area contributed by atoms with Crippen LogP contribution in [0.1, 0.15) is 30.4 Å². The predicted octanol–water partition coefficient (Wildman–Crippen LogP) is 5.80. The molecule has 0 saturated carbocycles. The number of carbonyl (C=O) groups is 2. The molecule has 3 aliphatic rings. The third-order valence-electron chi connectivity index (χ3n) is 8.18. The summed E-state index contributed by atoms with van der Waals surface area (Å²) >= 11 is 0. The van der Waals surface area contributed by atoms with Crippen molar-refractivity contribution in [2.45, 2.75) is 24.7 Å². The smallest absolute Gasteiger partial charge is 0.418 e. The Morgan fingerprint density at radius 3 is 2.16 bits per heavy atom. The van der Waals surface area contributed by atoms with Gasteiger partial charge in [0, 0.05) is 23.7 Å². The van der Waals surface area contributed by atoms with Gasteiger partial charge < -0.3 is 9.64 Å². The van der Waals surface area contributed by atoms with E-state index in [9.17, 15) is 18.4 Å². The Balaban J connectivity index is 1.14. The summed E-state index contributed by atoms with van der Waals surface area (Å²) in [6.45, 7) is 3.10. The summed E-state index contributed by atoms with van der Waals surface area (Å²) < 4.78 is 32.5. The fraction of sp³-hybridized carbons (Fsp3) is 0.333. The lowest BCUT2D eigenvalue weighted by molar-refractivity contribution is 0.159. The number of halogens is 2. The number of hydrogen-bond donors (Lipinski definition) is 0. The monoisotopic (exact) mass is 517 g/mol. The van der Waals surface area contributed by atoms with Crippen LogP contribution in [0, 0.1) is 11.6 Å². The number of imide groups is 1. The van der Waals surface area contributed by atoms with Crippen LogP contribution in [0.4, 0.5) is 24.1 Å². The highest BCUT2D eigenvalue weighted by Gasteiger charge is 2.44. The van der Waals surface area contributed by atoms with Gasteiger partial charge in [0.2, 0.25) is 0 Å². The van der Waals surface area contributed by atoms with Crippen LogP contribution in [0.25, 0.3) is 11.1 Å². The first-order chi connectivity index (χ1) is 18.5. The van der Waals surface area contributed by atoms with Gasteiger partial charge >= 0.3 is 12.1 Å². The minimum atomic E-state index is -1.04. The molecule has 6 rings (SSSR count). The number of carbonyl (C=O) groups excluding carboxylic acids is 2. The molecule has 3 aromatic rings. The molecule has 0 atom stereocenters. The number of piperidine rings is 1. The molecular formula is C30H29F2N3O3. The average Bonchev–Trinajstić information content (AvgIpc) is 3.49. The van der Waals surface area contributed by atoms with E-state index in [0.717, 1.165) is 49.5 Å². The van der Waals surface area contributed by atoms with E-state index in [-0.39, 0.29) is 30.8 Å². The van der Waals surface area contributed by atoms with Crippen LogP contribution >= 0.6 is 0 Å². The zero-order chi connectivity index (χ0) is 26.3. The van der Waals surface area contributed by atoms with E-state index in [2.05, 4.69) is 53.4 Å². The maximum Gasteiger partial charge on any atom is 0.418 e. The molecule has 0 N–H and O–H groups in total. The van der Waals surface area contributed by atoms with Gasteiger partial charge in [-0.15, -0.1) is 0 Å². The molecule has 38 heavy (non-hydrogen) atoms. The number of likely N-dealkylation sites (tertiary alicyclic amines) is 1. The topological polar surface area (TPSA) is 53.1 Å². The van der Waals surface area contributed by atoms with Gasteiger partial charge in [0.05, 0.1) is 6.54 Å². The lowest BCUT2D eigenvalue weighted by atomic mass is 9.71. The first kappa shape index (κ1) is 24.6. The number of nitrogens with zero attached hydrogens (tertiary/aromatic N) is 3. The van der Waals surface area contributed by atoms with Crippen molar-refractivity contribution in [1.82, 2.24) is 9.80 Å². The van der Waals surface area contributed by atoms with Gasteiger partial charge in [-0.25, -0.2) is 23.3 Å². The summed E-state index contributed by atoms with van der Waals surface area (Å²) in [6.07, 6.45) is 1.91. The van der Waals surface area contributed by atoms with E-state index in [0.29, 0.717) is 6.42 Å². The Morgan fingerprint density at radius 1 is 0.895 bits per heavy atom. The number of cyclic esters (lactones) is 1. The zero-order valence-corrected chi connectivity index (χ0v) is 21.0. The number of benzene rings is 3. The maximum absolute atomic E-state index is 14.0. The molecule has 3 aromatic carbocycles. The molecule has 6 nitrogen and oxygen atoms in total. The summed E-state index contributed by atoms with van der Waals surface area (Å²) in [5.74, 6) is -2.03. The van der Waals surface area contributed by atoms with E-state index >= 15 is 0 Å². The standard InChI is InChI=1S/C30H29F2N3O3/c31-26-11-10-21(20-27(26)32)34(28(36)35-18-19-38-29(35)37)15-5-14-33-16-12-30(13-17-33)24-8-3-1-6-22(24)23-7-2-4-9-25(23)30/h1-4,6-11,20H,5,12-19H2. The third kappa shape index (κ3) is 4.13. The molecule has 2 saturated heterocycles. The van der Waals surface area contributed by atoms with Crippen molar-refractivity contribution in [3.05, 3.63) is 89.5 Å². The Labute approximate surface area is 220 Å². The Bertz CT molecular complexity index is 1340. The van der Waals surface area contributed by atoms with Crippen LogP contribution in [0.2, 0.25) is 0 Å². The Kier molecular flexibility index (Phi) is 6.35. The first-order valence-corrected chi connectivity index (χ1v) is 13.1. The molecule has 2 aliphatic heterocycles. The summed E-state index contributed by atoms with van der Waals surface area (Å²) in [5, 5.41) is 0. The number of anilines is 1. The van der Waals surface area contributed by atoms with Crippen LogP contribution in [-0.2, 0) is 10.2 Å². The van der Waals surface area contributed by atoms with Crippen molar-refractivity contribution in [2.24, 2.45) is 0 Å². The molecule has 0 aromatic heterocycles. The van der Waals surface area contributed by atoms with Gasteiger partial charge in [0.25, 0.3) is 0 Å². The molecule has 0 unspecified atom stereocenters. The molecule has 2 heterocycles. The summed E-state index contributed by atoms with van der Waals surface area (Å²) in [7, 11) is 0. The zero-order valence-electron chi connectivity index (χ0n) is 21.0. The van der Waals surface area contributed by atoms with E-state index in [1.165, 1.54) is 33.2 Å². The molecule has 1 spiro atoms. The molecule has 196 valence electrons. The lowest BCUT2D eigenvalue weighted by Gasteiger charge is -2.41. The number of rotatable bonds is 5. The van der Waals surface area contributed by atoms with Gasteiger partial charge in [0.1, 0.15) is 6.61 Å². The summed E-state index contributed by atoms with van der Waals surface area (Å²) in [4.78, 5) is 29.9. The second-order valence-electron chi connectivity index (χ2n) is 10.2. The number of hydrogen-bond acceptors (Lipinski definition) is 4. The fourth-order valence-electron chi connectivity index (χ4n) is 6.27. The fourth-order valence-corrected chi connectivity index (χ4v) is 6.27. The minimum absolute atomic E-state index is 0.0213. The first-order valence-electron chi connectivity index (χ1n) is 13.1. The van der Waals surface area contributed by atoms with Crippen LogP contribution in [0.3, 0.4) is 0 Å². The molecule has 8 heteroatoms. The van der Waals surface area contributed by atoms with Gasteiger partial charge in [0.15, 0.2) is 11.6 Å². The number of fused-ring (bicyclic) bond motifs is 5. The van der Waals surface area contributed by atoms with Gasteiger partial charge in [-0.3, -0.25) is 4.90 Å². The largest absolute Gasteiger partial charge is 0.447 e. The number of urea groups is 1. The quantitative estimate of drug-likeness (QED) is 0.430. The van der Waals surface area contributed by atoms with Crippen LogP contribution in [0.15, 0.2) is 66.7 Å². The van der Waals surface area contributed by atoms with Crippen LogP contribution in [0.5, 0.6) is 0 Å². The highest BCUT2D eigenvalue weighted by Crippen LogP contribution is 2.53. The number of amides is 3. The molecule has 0 bridgehead atoms. The van der Waals surface area contributed by atoms with Crippen LogP contribution in [-0.4, -0.2) is 61.3 Å². The van der Waals surface area contributed by atoms with E-state index in [1.54, 1.807) is 0 Å².